The summed E-state index contributed by atoms with van der Waals surface area (Å²) in [5.41, 5.74) is 0.466. The number of benzene rings is 1. The van der Waals surface area contributed by atoms with Gasteiger partial charge in [0.1, 0.15) is 0 Å². The first-order valence-corrected chi connectivity index (χ1v) is 8.23. The van der Waals surface area contributed by atoms with Gasteiger partial charge in [0, 0.05) is 11.9 Å². The van der Waals surface area contributed by atoms with E-state index in [4.69, 9.17) is 5.11 Å². The highest BCUT2D eigenvalue weighted by Gasteiger charge is 2.08. The fourth-order valence-corrected chi connectivity index (χ4v) is 2.38. The molecular formula is C11H13NO5S2. The highest BCUT2D eigenvalue weighted by molar-refractivity contribution is 8.00. The van der Waals surface area contributed by atoms with E-state index in [0.717, 1.165) is 18.0 Å². The van der Waals surface area contributed by atoms with Crippen LogP contribution < -0.4 is 5.32 Å². The average molecular weight is 303 g/mol. The summed E-state index contributed by atoms with van der Waals surface area (Å²) < 4.78 is 22.5. The van der Waals surface area contributed by atoms with Crippen molar-refractivity contribution in [2.75, 3.05) is 23.1 Å². The van der Waals surface area contributed by atoms with Gasteiger partial charge in [-0.3, -0.25) is 9.59 Å². The number of rotatable bonds is 6. The van der Waals surface area contributed by atoms with E-state index in [-0.39, 0.29) is 22.3 Å². The van der Waals surface area contributed by atoms with Crippen molar-refractivity contribution in [3.8, 4) is 0 Å². The average Bonchev–Trinajstić information content (AvgIpc) is 2.27. The van der Waals surface area contributed by atoms with Gasteiger partial charge >= 0.3 is 5.97 Å². The molecule has 2 N–H and O–H groups in total. The molecular weight excluding hydrogens is 290 g/mol. The molecule has 19 heavy (non-hydrogen) atoms. The lowest BCUT2D eigenvalue weighted by atomic mass is 10.3. The standard InChI is InChI=1S/C11H13NO5S2/c1-19(16,17)9-4-2-8(3-5-9)12-10(13)6-18-7-11(14)15/h2-5H,6-7H2,1H3,(H,12,13)(H,14,15). The molecule has 6 nitrogen and oxygen atoms in total. The Balaban J connectivity index is 2.54. The molecule has 0 bridgehead atoms. The molecule has 8 heteroatoms. The van der Waals surface area contributed by atoms with Crippen LogP contribution in [0, 0.1) is 0 Å². The minimum atomic E-state index is -3.25. The van der Waals surface area contributed by atoms with Gasteiger partial charge in [-0.25, -0.2) is 8.42 Å². The molecule has 0 aliphatic heterocycles. The molecule has 0 aliphatic rings. The van der Waals surface area contributed by atoms with E-state index in [1.165, 1.54) is 24.3 Å². The minimum Gasteiger partial charge on any atom is -0.481 e. The molecule has 0 unspecified atom stereocenters. The molecule has 0 saturated carbocycles. The number of carboxylic acid groups (broad SMARTS) is 1. The third-order valence-corrected chi connectivity index (χ3v) is 4.07. The van der Waals surface area contributed by atoms with E-state index in [1.807, 2.05) is 0 Å². The van der Waals surface area contributed by atoms with E-state index in [1.54, 1.807) is 0 Å². The van der Waals surface area contributed by atoms with E-state index in [0.29, 0.717) is 5.69 Å². The Hall–Kier alpha value is -1.54. The van der Waals surface area contributed by atoms with E-state index in [2.05, 4.69) is 5.32 Å². The maximum absolute atomic E-state index is 11.4. The Labute approximate surface area is 115 Å². The molecule has 0 saturated heterocycles. The Bertz CT molecular complexity index is 565. The first kappa shape index (κ1) is 15.5. The van der Waals surface area contributed by atoms with Crippen LogP contribution in [0.2, 0.25) is 0 Å². The molecule has 0 atom stereocenters. The molecule has 0 spiro atoms. The Morgan fingerprint density at radius 3 is 2.26 bits per heavy atom. The number of nitrogens with one attached hydrogen (secondary N) is 1. The van der Waals surface area contributed by atoms with Crippen LogP contribution in [0.15, 0.2) is 29.2 Å². The van der Waals surface area contributed by atoms with Crippen molar-refractivity contribution in [3.05, 3.63) is 24.3 Å². The van der Waals surface area contributed by atoms with Gasteiger partial charge in [0.05, 0.1) is 16.4 Å². The van der Waals surface area contributed by atoms with Crippen LogP contribution >= 0.6 is 11.8 Å². The first-order chi connectivity index (χ1) is 8.79. The minimum absolute atomic E-state index is 0.0279. The smallest absolute Gasteiger partial charge is 0.313 e. The number of aliphatic carboxylic acids is 1. The second kappa shape index (κ2) is 6.58. The van der Waals surface area contributed by atoms with Crippen molar-refractivity contribution >= 4 is 39.2 Å². The summed E-state index contributed by atoms with van der Waals surface area (Å²) in [5, 5.41) is 11.0. The topological polar surface area (TPSA) is 101 Å². The van der Waals surface area contributed by atoms with Crippen LogP contribution in [0.3, 0.4) is 0 Å². The predicted octanol–water partition coefficient (Wildman–Crippen LogP) is 0.846. The Kier molecular flexibility index (Phi) is 5.37. The fourth-order valence-electron chi connectivity index (χ4n) is 1.21. The molecule has 0 fully saturated rings. The van der Waals surface area contributed by atoms with Crippen LogP contribution in [-0.4, -0.2) is 43.2 Å². The summed E-state index contributed by atoms with van der Waals surface area (Å²) in [6.45, 7) is 0. The van der Waals surface area contributed by atoms with Gasteiger partial charge in [0.25, 0.3) is 0 Å². The summed E-state index contributed by atoms with van der Waals surface area (Å²) in [6.07, 6.45) is 1.10. The lowest BCUT2D eigenvalue weighted by molar-refractivity contribution is -0.133. The number of thioether (sulfide) groups is 1. The third-order valence-electron chi connectivity index (χ3n) is 2.02. The predicted molar refractivity (Wildman–Crippen MR) is 73.1 cm³/mol. The number of carbonyl (C=O) groups is 2. The fraction of sp³-hybridized carbons (Fsp3) is 0.273. The van der Waals surface area contributed by atoms with Crippen LogP contribution in [0.25, 0.3) is 0 Å². The van der Waals surface area contributed by atoms with Gasteiger partial charge in [0.15, 0.2) is 9.84 Å². The van der Waals surface area contributed by atoms with Crippen molar-refractivity contribution in [2.45, 2.75) is 4.90 Å². The zero-order chi connectivity index (χ0) is 14.5. The molecule has 1 aromatic rings. The van der Waals surface area contributed by atoms with Crippen molar-refractivity contribution in [1.29, 1.82) is 0 Å². The molecule has 0 aromatic heterocycles. The zero-order valence-corrected chi connectivity index (χ0v) is 11.8. The SMILES string of the molecule is CS(=O)(=O)c1ccc(NC(=O)CSCC(=O)O)cc1. The van der Waals surface area contributed by atoms with E-state index < -0.39 is 15.8 Å². The quantitative estimate of drug-likeness (QED) is 0.808. The van der Waals surface area contributed by atoms with Gasteiger partial charge in [-0.15, -0.1) is 11.8 Å². The lowest BCUT2D eigenvalue weighted by Crippen LogP contribution is -2.15. The Morgan fingerprint density at radius 2 is 1.79 bits per heavy atom. The first-order valence-electron chi connectivity index (χ1n) is 5.18. The van der Waals surface area contributed by atoms with Crippen LogP contribution in [-0.2, 0) is 19.4 Å². The van der Waals surface area contributed by atoms with Crippen LogP contribution in [0.4, 0.5) is 5.69 Å². The van der Waals surface area contributed by atoms with Crippen LogP contribution in [0.5, 0.6) is 0 Å². The molecule has 0 radical (unpaired) electrons. The van der Waals surface area contributed by atoms with E-state index in [9.17, 15) is 18.0 Å². The maximum Gasteiger partial charge on any atom is 0.313 e. The molecule has 0 aliphatic carbocycles. The van der Waals surface area contributed by atoms with Gasteiger partial charge in [-0.1, -0.05) is 0 Å². The summed E-state index contributed by atoms with van der Waals surface area (Å²) in [5.74, 6) is -1.42. The molecule has 104 valence electrons. The number of hydrogen-bond acceptors (Lipinski definition) is 5. The summed E-state index contributed by atoms with van der Waals surface area (Å²) in [6, 6.07) is 5.76. The van der Waals surface area contributed by atoms with Crippen molar-refractivity contribution < 1.29 is 23.1 Å². The van der Waals surface area contributed by atoms with Gasteiger partial charge in [-0.2, -0.15) is 0 Å². The van der Waals surface area contributed by atoms with Gasteiger partial charge < -0.3 is 10.4 Å². The molecule has 1 rings (SSSR count). The van der Waals surface area contributed by atoms with E-state index >= 15 is 0 Å². The second-order valence-corrected chi connectivity index (χ2v) is 6.73. The number of carboxylic acids is 1. The number of sulfone groups is 1. The maximum atomic E-state index is 11.4. The lowest BCUT2D eigenvalue weighted by Gasteiger charge is -2.05. The molecule has 0 heterocycles. The third kappa shape index (κ3) is 5.75. The molecule has 1 aromatic carbocycles. The summed E-state index contributed by atoms with van der Waals surface area (Å²) in [7, 11) is -3.25. The van der Waals surface area contributed by atoms with Gasteiger partial charge in [-0.05, 0) is 24.3 Å². The zero-order valence-electron chi connectivity index (χ0n) is 10.1. The summed E-state index contributed by atoms with van der Waals surface area (Å²) >= 11 is 0.989. The monoisotopic (exact) mass is 303 g/mol. The van der Waals surface area contributed by atoms with Crippen LogP contribution in [0.1, 0.15) is 0 Å². The number of anilines is 1. The largest absolute Gasteiger partial charge is 0.481 e. The van der Waals surface area contributed by atoms with Crippen molar-refractivity contribution in [2.24, 2.45) is 0 Å². The molecule has 1 amide bonds. The number of amides is 1. The highest BCUT2D eigenvalue weighted by atomic mass is 32.2. The highest BCUT2D eigenvalue weighted by Crippen LogP contribution is 2.14. The summed E-state index contributed by atoms with van der Waals surface area (Å²) in [4.78, 5) is 21.9. The number of carbonyl (C=O) groups excluding carboxylic acids is 1. The van der Waals surface area contributed by atoms with Gasteiger partial charge in [0.2, 0.25) is 5.91 Å². The van der Waals surface area contributed by atoms with Crippen molar-refractivity contribution in [3.63, 3.8) is 0 Å². The van der Waals surface area contributed by atoms with Crippen molar-refractivity contribution in [1.82, 2.24) is 0 Å². The normalized spacial score (nSPS) is 11.0. The number of hydrogen-bond donors (Lipinski definition) is 2. The Morgan fingerprint density at radius 1 is 1.21 bits per heavy atom. The second-order valence-electron chi connectivity index (χ2n) is 3.73.